The summed E-state index contributed by atoms with van der Waals surface area (Å²) >= 11 is 0. The highest BCUT2D eigenvalue weighted by Crippen LogP contribution is 2.24. The summed E-state index contributed by atoms with van der Waals surface area (Å²) in [6.07, 6.45) is 10.7. The molecule has 0 saturated heterocycles. The number of aromatic amines is 1. The van der Waals surface area contributed by atoms with Gasteiger partial charge in [-0.1, -0.05) is 19.3 Å². The van der Waals surface area contributed by atoms with E-state index in [0.717, 1.165) is 18.4 Å². The van der Waals surface area contributed by atoms with Crippen LogP contribution in [0.4, 0.5) is 5.95 Å². The van der Waals surface area contributed by atoms with Crippen LogP contribution in [0.3, 0.4) is 0 Å². The quantitative estimate of drug-likeness (QED) is 0.799. The molecule has 1 aliphatic rings. The van der Waals surface area contributed by atoms with Gasteiger partial charge in [0.2, 0.25) is 5.95 Å². The van der Waals surface area contributed by atoms with Gasteiger partial charge in [0.25, 0.3) is 0 Å². The van der Waals surface area contributed by atoms with Crippen LogP contribution in [0.25, 0.3) is 0 Å². The second kappa shape index (κ2) is 4.49. The van der Waals surface area contributed by atoms with E-state index in [-0.39, 0.29) is 0 Å². The SMILES string of the molecule is CN(CC1CCCCC1)c1ncc[nH]1. The summed E-state index contributed by atoms with van der Waals surface area (Å²) in [6, 6.07) is 0. The van der Waals surface area contributed by atoms with Gasteiger partial charge in [0.1, 0.15) is 0 Å². The first-order valence-corrected chi connectivity index (χ1v) is 5.57. The molecule has 78 valence electrons. The fraction of sp³-hybridized carbons (Fsp3) is 0.727. The first kappa shape index (κ1) is 9.56. The van der Waals surface area contributed by atoms with Gasteiger partial charge in [-0.15, -0.1) is 0 Å². The van der Waals surface area contributed by atoms with Crippen LogP contribution in [-0.4, -0.2) is 23.6 Å². The molecule has 14 heavy (non-hydrogen) atoms. The predicted octanol–water partition coefficient (Wildman–Crippen LogP) is 2.43. The Morgan fingerprint density at radius 3 is 2.86 bits per heavy atom. The standard InChI is InChI=1S/C11H19N3/c1-14(11-12-7-8-13-11)9-10-5-3-2-4-6-10/h7-8,10H,2-6,9H2,1H3,(H,12,13). The van der Waals surface area contributed by atoms with Crippen molar-refractivity contribution in [1.29, 1.82) is 0 Å². The van der Waals surface area contributed by atoms with Crippen LogP contribution in [0.5, 0.6) is 0 Å². The fourth-order valence-corrected chi connectivity index (χ4v) is 2.31. The lowest BCUT2D eigenvalue weighted by Gasteiger charge is -2.26. The van der Waals surface area contributed by atoms with Crippen molar-refractivity contribution in [2.45, 2.75) is 32.1 Å². The van der Waals surface area contributed by atoms with Crippen molar-refractivity contribution in [2.75, 3.05) is 18.5 Å². The highest BCUT2D eigenvalue weighted by Gasteiger charge is 2.16. The van der Waals surface area contributed by atoms with E-state index >= 15 is 0 Å². The van der Waals surface area contributed by atoms with Gasteiger partial charge in [-0.05, 0) is 18.8 Å². The predicted molar refractivity (Wildman–Crippen MR) is 58.4 cm³/mol. The van der Waals surface area contributed by atoms with Crippen molar-refractivity contribution in [3.8, 4) is 0 Å². The van der Waals surface area contributed by atoms with Gasteiger partial charge >= 0.3 is 0 Å². The minimum Gasteiger partial charge on any atom is -0.345 e. The normalized spacial score (nSPS) is 18.4. The molecular weight excluding hydrogens is 174 g/mol. The second-order valence-electron chi connectivity index (χ2n) is 4.30. The third-order valence-corrected chi connectivity index (χ3v) is 3.10. The summed E-state index contributed by atoms with van der Waals surface area (Å²) in [4.78, 5) is 9.63. The Bertz CT molecular complexity index is 250. The maximum Gasteiger partial charge on any atom is 0.202 e. The van der Waals surface area contributed by atoms with Crippen LogP contribution in [0.15, 0.2) is 12.4 Å². The molecule has 1 N–H and O–H groups in total. The van der Waals surface area contributed by atoms with Crippen LogP contribution in [-0.2, 0) is 0 Å². The fourth-order valence-electron chi connectivity index (χ4n) is 2.31. The molecule has 0 unspecified atom stereocenters. The summed E-state index contributed by atoms with van der Waals surface area (Å²) in [5.74, 6) is 1.87. The van der Waals surface area contributed by atoms with E-state index < -0.39 is 0 Å². The Hall–Kier alpha value is -0.990. The molecule has 0 bridgehead atoms. The lowest BCUT2D eigenvalue weighted by molar-refractivity contribution is 0.361. The van der Waals surface area contributed by atoms with E-state index in [1.54, 1.807) is 0 Å². The lowest BCUT2D eigenvalue weighted by Crippen LogP contribution is -2.27. The minimum atomic E-state index is 0.874. The number of rotatable bonds is 3. The maximum atomic E-state index is 4.25. The summed E-state index contributed by atoms with van der Waals surface area (Å²) in [7, 11) is 2.12. The van der Waals surface area contributed by atoms with E-state index in [0.29, 0.717) is 0 Å². The number of hydrogen-bond donors (Lipinski definition) is 1. The zero-order valence-corrected chi connectivity index (χ0v) is 8.87. The molecule has 1 fully saturated rings. The van der Waals surface area contributed by atoms with Crippen LogP contribution >= 0.6 is 0 Å². The Kier molecular flexibility index (Phi) is 3.07. The van der Waals surface area contributed by atoms with Crippen LogP contribution in [0.1, 0.15) is 32.1 Å². The second-order valence-corrected chi connectivity index (χ2v) is 4.30. The van der Waals surface area contributed by atoms with Crippen LogP contribution in [0, 0.1) is 5.92 Å². The summed E-state index contributed by atoms with van der Waals surface area (Å²) in [5, 5.41) is 0. The van der Waals surface area contributed by atoms with E-state index in [1.807, 2.05) is 12.4 Å². The summed E-state index contributed by atoms with van der Waals surface area (Å²) in [6.45, 7) is 1.15. The highest BCUT2D eigenvalue weighted by atomic mass is 15.2. The summed E-state index contributed by atoms with van der Waals surface area (Å²) < 4.78 is 0. The van der Waals surface area contributed by atoms with Crippen molar-refractivity contribution in [1.82, 2.24) is 9.97 Å². The Labute approximate surface area is 85.5 Å². The molecule has 1 heterocycles. The highest BCUT2D eigenvalue weighted by molar-refractivity contribution is 5.26. The molecule has 0 radical (unpaired) electrons. The molecule has 2 rings (SSSR count). The van der Waals surface area contributed by atoms with Crippen molar-refractivity contribution >= 4 is 5.95 Å². The van der Waals surface area contributed by atoms with Gasteiger partial charge < -0.3 is 9.88 Å². The van der Waals surface area contributed by atoms with Gasteiger partial charge in [0, 0.05) is 26.0 Å². The first-order valence-electron chi connectivity index (χ1n) is 5.57. The van der Waals surface area contributed by atoms with Gasteiger partial charge in [-0.3, -0.25) is 0 Å². The third kappa shape index (κ3) is 2.28. The molecule has 0 atom stereocenters. The molecule has 1 aromatic rings. The van der Waals surface area contributed by atoms with E-state index in [4.69, 9.17) is 0 Å². The average molecular weight is 193 g/mol. The largest absolute Gasteiger partial charge is 0.345 e. The van der Waals surface area contributed by atoms with Crippen molar-refractivity contribution < 1.29 is 0 Å². The Morgan fingerprint density at radius 2 is 2.21 bits per heavy atom. The topological polar surface area (TPSA) is 31.9 Å². The van der Waals surface area contributed by atoms with Crippen molar-refractivity contribution in [3.63, 3.8) is 0 Å². The van der Waals surface area contributed by atoms with E-state index in [2.05, 4.69) is 21.9 Å². The van der Waals surface area contributed by atoms with E-state index in [9.17, 15) is 0 Å². The Morgan fingerprint density at radius 1 is 1.43 bits per heavy atom. The molecule has 0 aliphatic heterocycles. The van der Waals surface area contributed by atoms with E-state index in [1.165, 1.54) is 32.1 Å². The van der Waals surface area contributed by atoms with Crippen LogP contribution < -0.4 is 4.90 Å². The first-order chi connectivity index (χ1) is 6.86. The molecule has 0 spiro atoms. The molecule has 1 aliphatic carbocycles. The number of nitrogens with zero attached hydrogens (tertiary/aromatic N) is 2. The molecule has 3 heteroatoms. The van der Waals surface area contributed by atoms with Gasteiger partial charge in [-0.2, -0.15) is 0 Å². The van der Waals surface area contributed by atoms with Crippen molar-refractivity contribution in [2.24, 2.45) is 5.92 Å². The van der Waals surface area contributed by atoms with Crippen LogP contribution in [0.2, 0.25) is 0 Å². The lowest BCUT2D eigenvalue weighted by atomic mass is 9.89. The van der Waals surface area contributed by atoms with Gasteiger partial charge in [0.15, 0.2) is 0 Å². The molecule has 0 aromatic carbocycles. The number of nitrogens with one attached hydrogen (secondary N) is 1. The number of anilines is 1. The number of aromatic nitrogens is 2. The molecule has 0 amide bonds. The van der Waals surface area contributed by atoms with Gasteiger partial charge in [-0.25, -0.2) is 4.98 Å². The zero-order chi connectivity index (χ0) is 9.80. The smallest absolute Gasteiger partial charge is 0.202 e. The average Bonchev–Trinajstić information content (AvgIpc) is 2.72. The number of hydrogen-bond acceptors (Lipinski definition) is 2. The third-order valence-electron chi connectivity index (χ3n) is 3.10. The maximum absolute atomic E-state index is 4.25. The minimum absolute atomic E-state index is 0.874. The number of H-pyrrole nitrogens is 1. The Balaban J connectivity index is 1.84. The molecular formula is C11H19N3. The zero-order valence-electron chi connectivity index (χ0n) is 8.87. The van der Waals surface area contributed by atoms with Gasteiger partial charge in [0.05, 0.1) is 0 Å². The van der Waals surface area contributed by atoms with Crippen molar-refractivity contribution in [3.05, 3.63) is 12.4 Å². The summed E-state index contributed by atoms with van der Waals surface area (Å²) in [5.41, 5.74) is 0. The molecule has 1 saturated carbocycles. The molecule has 3 nitrogen and oxygen atoms in total. The number of imidazole rings is 1. The molecule has 1 aromatic heterocycles. The monoisotopic (exact) mass is 193 g/mol.